The summed E-state index contributed by atoms with van der Waals surface area (Å²) in [6.45, 7) is 2.95. The van der Waals surface area contributed by atoms with Gasteiger partial charge in [0.25, 0.3) is 10.0 Å². The van der Waals surface area contributed by atoms with Crippen LogP contribution < -0.4 is 9.64 Å². The van der Waals surface area contributed by atoms with Gasteiger partial charge < -0.3 is 4.74 Å². The van der Waals surface area contributed by atoms with Gasteiger partial charge in [-0.3, -0.25) is 9.69 Å². The first kappa shape index (κ1) is 24.9. The monoisotopic (exact) mass is 541 g/mol. The molecule has 3 heterocycles. The fraction of sp³-hybridized carbons (Fsp3) is 0.308. The van der Waals surface area contributed by atoms with E-state index in [2.05, 4.69) is 0 Å². The Morgan fingerprint density at radius 1 is 1.17 bits per heavy atom. The number of sulfonamides is 1. The van der Waals surface area contributed by atoms with Crippen LogP contribution in [0.5, 0.6) is 5.75 Å². The van der Waals surface area contributed by atoms with Gasteiger partial charge in [-0.15, -0.1) is 11.3 Å². The number of amides is 1. The molecule has 188 valence electrons. The molecule has 10 heteroatoms. The molecular formula is C26H27N3O4S3. The molecule has 2 aromatic heterocycles. The summed E-state index contributed by atoms with van der Waals surface area (Å²) >= 11 is 2.66. The highest BCUT2D eigenvalue weighted by Gasteiger charge is 2.36. The maximum Gasteiger partial charge on any atom is 0.252 e. The van der Waals surface area contributed by atoms with Gasteiger partial charge in [0.05, 0.1) is 24.3 Å². The zero-order chi connectivity index (χ0) is 25.3. The van der Waals surface area contributed by atoms with Crippen LogP contribution in [0.1, 0.15) is 24.0 Å². The molecule has 1 amide bonds. The van der Waals surface area contributed by atoms with Crippen LogP contribution in [0.25, 0.3) is 10.2 Å². The second kappa shape index (κ2) is 10.3. The number of rotatable bonds is 7. The molecule has 1 unspecified atom stereocenters. The first-order valence-corrected chi connectivity index (χ1v) is 14.8. The largest absolute Gasteiger partial charge is 0.494 e. The number of aryl methyl sites for hydroxylation is 1. The number of thiophene rings is 1. The molecule has 1 aliphatic rings. The van der Waals surface area contributed by atoms with Crippen molar-refractivity contribution in [2.45, 2.75) is 30.5 Å². The van der Waals surface area contributed by atoms with E-state index in [1.165, 1.54) is 27.0 Å². The number of carbonyl (C=O) groups is 1. The number of piperidine rings is 1. The topological polar surface area (TPSA) is 79.8 Å². The van der Waals surface area contributed by atoms with Crippen LogP contribution in [-0.2, 0) is 21.4 Å². The predicted molar refractivity (Wildman–Crippen MR) is 144 cm³/mol. The Labute approximate surface area is 219 Å². The van der Waals surface area contributed by atoms with E-state index in [4.69, 9.17) is 9.72 Å². The molecule has 1 saturated heterocycles. The van der Waals surface area contributed by atoms with Gasteiger partial charge in [0.15, 0.2) is 5.13 Å². The van der Waals surface area contributed by atoms with E-state index in [-0.39, 0.29) is 12.5 Å². The number of hydrogen-bond acceptors (Lipinski definition) is 7. The molecule has 0 aliphatic carbocycles. The number of methoxy groups -OCH3 is 1. The van der Waals surface area contributed by atoms with Crippen LogP contribution >= 0.6 is 22.7 Å². The molecular weight excluding hydrogens is 515 g/mol. The normalized spacial score (nSPS) is 16.8. The summed E-state index contributed by atoms with van der Waals surface area (Å²) in [5.74, 6) is 0.101. The van der Waals surface area contributed by atoms with Crippen molar-refractivity contribution in [1.82, 2.24) is 9.29 Å². The zero-order valence-corrected chi connectivity index (χ0v) is 22.5. The number of benzene rings is 2. The number of nitrogens with zero attached hydrogens (tertiary/aromatic N) is 3. The van der Waals surface area contributed by atoms with Gasteiger partial charge in [-0.05, 0) is 48.4 Å². The molecule has 5 rings (SSSR count). The Hall–Kier alpha value is -2.79. The van der Waals surface area contributed by atoms with Gasteiger partial charge in [-0.2, -0.15) is 4.31 Å². The summed E-state index contributed by atoms with van der Waals surface area (Å²) in [6, 6.07) is 17.0. The number of thiazole rings is 1. The van der Waals surface area contributed by atoms with E-state index < -0.39 is 15.9 Å². The minimum Gasteiger partial charge on any atom is -0.494 e. The number of carbonyl (C=O) groups excluding carboxylic acids is 1. The summed E-state index contributed by atoms with van der Waals surface area (Å²) in [7, 11) is -2.01. The highest BCUT2D eigenvalue weighted by Crippen LogP contribution is 2.38. The summed E-state index contributed by atoms with van der Waals surface area (Å²) < 4.78 is 34.6. The third-order valence-electron chi connectivity index (χ3n) is 6.42. The molecule has 2 aromatic carbocycles. The second-order valence-electron chi connectivity index (χ2n) is 8.80. The quantitative estimate of drug-likeness (QED) is 0.317. The van der Waals surface area contributed by atoms with Gasteiger partial charge in [-0.25, -0.2) is 13.4 Å². The summed E-state index contributed by atoms with van der Waals surface area (Å²) in [4.78, 5) is 20.6. The maximum atomic E-state index is 14.0. The van der Waals surface area contributed by atoms with Crippen LogP contribution in [0.3, 0.4) is 0 Å². The van der Waals surface area contributed by atoms with Crippen molar-refractivity contribution in [3.63, 3.8) is 0 Å². The molecule has 36 heavy (non-hydrogen) atoms. The van der Waals surface area contributed by atoms with Crippen molar-refractivity contribution in [2.24, 2.45) is 5.92 Å². The Bertz CT molecular complexity index is 1470. The zero-order valence-electron chi connectivity index (χ0n) is 20.1. The van der Waals surface area contributed by atoms with Gasteiger partial charge >= 0.3 is 0 Å². The van der Waals surface area contributed by atoms with Crippen LogP contribution in [0, 0.1) is 12.8 Å². The number of ether oxygens (including phenoxy) is 1. The van der Waals surface area contributed by atoms with E-state index in [0.717, 1.165) is 21.3 Å². The van der Waals surface area contributed by atoms with E-state index in [9.17, 15) is 13.2 Å². The lowest BCUT2D eigenvalue weighted by molar-refractivity contribution is -0.123. The molecule has 1 fully saturated rings. The number of anilines is 1. The number of fused-ring (bicyclic) bond motifs is 1. The summed E-state index contributed by atoms with van der Waals surface area (Å²) in [5.41, 5.74) is 2.77. The van der Waals surface area contributed by atoms with Gasteiger partial charge in [-0.1, -0.05) is 53.8 Å². The third-order valence-corrected chi connectivity index (χ3v) is 10.9. The Kier molecular flexibility index (Phi) is 7.11. The van der Waals surface area contributed by atoms with Crippen molar-refractivity contribution >= 4 is 54.0 Å². The third kappa shape index (κ3) is 4.78. The number of aromatic nitrogens is 1. The van der Waals surface area contributed by atoms with Gasteiger partial charge in [0.2, 0.25) is 5.91 Å². The second-order valence-corrected chi connectivity index (χ2v) is 12.9. The highest BCUT2D eigenvalue weighted by molar-refractivity contribution is 7.91. The highest BCUT2D eigenvalue weighted by atomic mass is 32.2. The van der Waals surface area contributed by atoms with E-state index in [0.29, 0.717) is 41.0 Å². The van der Waals surface area contributed by atoms with Gasteiger partial charge in [0.1, 0.15) is 15.5 Å². The van der Waals surface area contributed by atoms with Crippen LogP contribution in [0.15, 0.2) is 64.2 Å². The molecule has 0 bridgehead atoms. The van der Waals surface area contributed by atoms with Crippen LogP contribution in [0.2, 0.25) is 0 Å². The minimum atomic E-state index is -3.62. The molecule has 1 aliphatic heterocycles. The molecule has 1 atom stereocenters. The van der Waals surface area contributed by atoms with E-state index in [1.807, 2.05) is 49.4 Å². The lowest BCUT2D eigenvalue weighted by atomic mass is 9.98. The molecule has 7 nitrogen and oxygen atoms in total. The molecule has 0 N–H and O–H groups in total. The SMILES string of the molecule is COc1ccc(C)c2sc(N(Cc3ccccc3)C(=O)C3CCCN(S(=O)(=O)c4cccs4)C3)nc12. The summed E-state index contributed by atoms with van der Waals surface area (Å²) in [5, 5.41) is 2.34. The van der Waals surface area contributed by atoms with Crippen molar-refractivity contribution < 1.29 is 17.9 Å². The Morgan fingerprint density at radius 2 is 1.97 bits per heavy atom. The lowest BCUT2D eigenvalue weighted by Crippen LogP contribution is -2.46. The van der Waals surface area contributed by atoms with Crippen LogP contribution in [0.4, 0.5) is 5.13 Å². The van der Waals surface area contributed by atoms with Crippen LogP contribution in [-0.4, -0.2) is 43.8 Å². The average Bonchev–Trinajstić information content (AvgIpc) is 3.60. The van der Waals surface area contributed by atoms with Crippen molar-refractivity contribution in [3.05, 3.63) is 71.1 Å². The molecule has 0 spiro atoms. The first-order chi connectivity index (χ1) is 17.4. The molecule has 0 radical (unpaired) electrons. The Balaban J connectivity index is 1.49. The van der Waals surface area contributed by atoms with Crippen molar-refractivity contribution in [2.75, 3.05) is 25.1 Å². The van der Waals surface area contributed by atoms with E-state index in [1.54, 1.807) is 29.5 Å². The number of hydrogen-bond donors (Lipinski definition) is 0. The molecule has 4 aromatic rings. The fourth-order valence-electron chi connectivity index (χ4n) is 4.50. The first-order valence-electron chi connectivity index (χ1n) is 11.7. The standard InChI is InChI=1S/C26H27N3O4S3/c1-18-12-13-21(33-2)23-24(18)35-26(27-23)29(16-19-8-4-3-5-9-19)25(30)20-10-6-14-28(17-20)36(31,32)22-11-7-15-34-22/h3-5,7-9,11-13,15,20H,6,10,14,16-17H2,1-2H3. The summed E-state index contributed by atoms with van der Waals surface area (Å²) in [6.07, 6.45) is 1.26. The lowest BCUT2D eigenvalue weighted by Gasteiger charge is -2.33. The minimum absolute atomic E-state index is 0.111. The van der Waals surface area contributed by atoms with Crippen molar-refractivity contribution in [3.8, 4) is 5.75 Å². The van der Waals surface area contributed by atoms with Crippen molar-refractivity contribution in [1.29, 1.82) is 0 Å². The smallest absolute Gasteiger partial charge is 0.252 e. The molecule has 0 saturated carbocycles. The van der Waals surface area contributed by atoms with E-state index >= 15 is 0 Å². The Morgan fingerprint density at radius 3 is 2.69 bits per heavy atom. The maximum absolute atomic E-state index is 14.0. The fourth-order valence-corrected chi connectivity index (χ4v) is 8.23. The predicted octanol–water partition coefficient (Wildman–Crippen LogP) is 5.31. The average molecular weight is 542 g/mol. The van der Waals surface area contributed by atoms with Gasteiger partial charge in [0, 0.05) is 13.1 Å².